The summed E-state index contributed by atoms with van der Waals surface area (Å²) in [6.07, 6.45) is 3.53. The average Bonchev–Trinajstić information content (AvgIpc) is 2.62. The molecule has 2 rings (SSSR count). The third-order valence-corrected chi connectivity index (χ3v) is 2.26. The maximum absolute atomic E-state index is 3.89. The molecule has 1 heterocycles. The Balaban J connectivity index is 2.15. The van der Waals surface area contributed by atoms with E-state index in [1.165, 1.54) is 5.56 Å². The largest absolute Gasteiger partial charge is 0.248 e. The van der Waals surface area contributed by atoms with Gasteiger partial charge in [0.2, 0.25) is 0 Å². The number of benzene rings is 1. The number of nitrogens with zero attached hydrogens (tertiary/aromatic N) is 3. The molecule has 0 aliphatic heterocycles. The van der Waals surface area contributed by atoms with Crippen molar-refractivity contribution in [2.24, 2.45) is 0 Å². The zero-order valence-corrected chi connectivity index (χ0v) is 8.48. The number of halogens is 1. The van der Waals surface area contributed by atoms with Crippen molar-refractivity contribution < 1.29 is 0 Å². The Labute approximate surface area is 84.5 Å². The smallest absolute Gasteiger partial charge is 0.0693 e. The molecule has 1 aromatic carbocycles. The lowest BCUT2D eigenvalue weighted by Gasteiger charge is -2.00. The van der Waals surface area contributed by atoms with Crippen LogP contribution in [0.5, 0.6) is 0 Å². The third kappa shape index (κ3) is 2.15. The van der Waals surface area contributed by atoms with E-state index in [2.05, 4.69) is 38.4 Å². The molecule has 13 heavy (non-hydrogen) atoms. The summed E-state index contributed by atoms with van der Waals surface area (Å²) in [5, 5.41) is 7.63. The van der Waals surface area contributed by atoms with Crippen molar-refractivity contribution in [3.8, 4) is 0 Å². The van der Waals surface area contributed by atoms with Gasteiger partial charge in [-0.25, -0.2) is 4.68 Å². The van der Waals surface area contributed by atoms with Crippen molar-refractivity contribution in [1.29, 1.82) is 0 Å². The summed E-state index contributed by atoms with van der Waals surface area (Å²) in [4.78, 5) is 0. The molecular formula is C9H8BrN3. The van der Waals surface area contributed by atoms with E-state index in [4.69, 9.17) is 0 Å². The highest BCUT2D eigenvalue weighted by Crippen LogP contribution is 2.10. The molecule has 0 aliphatic carbocycles. The van der Waals surface area contributed by atoms with Gasteiger partial charge in [-0.1, -0.05) is 33.3 Å². The second-order valence-corrected chi connectivity index (χ2v) is 3.64. The first-order chi connectivity index (χ1) is 6.34. The Hall–Kier alpha value is -1.16. The minimum Gasteiger partial charge on any atom is -0.248 e. The van der Waals surface area contributed by atoms with Crippen LogP contribution < -0.4 is 0 Å². The van der Waals surface area contributed by atoms with Gasteiger partial charge in [0.05, 0.1) is 12.7 Å². The Morgan fingerprint density at radius 2 is 2.00 bits per heavy atom. The van der Waals surface area contributed by atoms with E-state index in [1.807, 2.05) is 18.3 Å². The maximum atomic E-state index is 3.89. The fraction of sp³-hybridized carbons (Fsp3) is 0.111. The van der Waals surface area contributed by atoms with Crippen molar-refractivity contribution in [2.45, 2.75) is 6.54 Å². The van der Waals surface area contributed by atoms with Crippen LogP contribution in [0.2, 0.25) is 0 Å². The van der Waals surface area contributed by atoms with Gasteiger partial charge in [0.15, 0.2) is 0 Å². The summed E-state index contributed by atoms with van der Waals surface area (Å²) in [5.41, 5.74) is 1.22. The van der Waals surface area contributed by atoms with Crippen LogP contribution in [0.15, 0.2) is 41.1 Å². The van der Waals surface area contributed by atoms with E-state index in [9.17, 15) is 0 Å². The molecule has 0 radical (unpaired) electrons. The van der Waals surface area contributed by atoms with Crippen molar-refractivity contribution in [2.75, 3.05) is 0 Å². The first-order valence-electron chi connectivity index (χ1n) is 3.93. The molecule has 0 unspecified atom stereocenters. The molecule has 0 bridgehead atoms. The van der Waals surface area contributed by atoms with Gasteiger partial charge < -0.3 is 0 Å². The Kier molecular flexibility index (Phi) is 2.40. The lowest BCUT2D eigenvalue weighted by atomic mass is 10.2. The molecule has 2 aromatic rings. The normalized spacial score (nSPS) is 10.2. The standard InChI is InChI=1S/C9H8BrN3/c10-9-3-1-8(2-4-9)7-13-6-5-11-12-13/h1-6H,7H2. The maximum Gasteiger partial charge on any atom is 0.0693 e. The van der Waals surface area contributed by atoms with E-state index in [-0.39, 0.29) is 0 Å². The fourth-order valence-electron chi connectivity index (χ4n) is 1.09. The molecule has 0 amide bonds. The Morgan fingerprint density at radius 1 is 1.23 bits per heavy atom. The molecule has 1 aromatic heterocycles. The van der Waals surface area contributed by atoms with Crippen LogP contribution in [0, 0.1) is 0 Å². The zero-order chi connectivity index (χ0) is 9.10. The average molecular weight is 238 g/mol. The van der Waals surface area contributed by atoms with Gasteiger partial charge in [0.25, 0.3) is 0 Å². The van der Waals surface area contributed by atoms with E-state index < -0.39 is 0 Å². The minimum absolute atomic E-state index is 0.771. The predicted molar refractivity (Wildman–Crippen MR) is 53.3 cm³/mol. The number of rotatable bonds is 2. The highest BCUT2D eigenvalue weighted by atomic mass is 79.9. The fourth-order valence-corrected chi connectivity index (χ4v) is 1.36. The summed E-state index contributed by atoms with van der Waals surface area (Å²) < 4.78 is 2.89. The van der Waals surface area contributed by atoms with Gasteiger partial charge in [-0.15, -0.1) is 5.10 Å². The van der Waals surface area contributed by atoms with Gasteiger partial charge >= 0.3 is 0 Å². The van der Waals surface area contributed by atoms with Crippen LogP contribution in [0.3, 0.4) is 0 Å². The summed E-state index contributed by atoms with van der Waals surface area (Å²) >= 11 is 3.39. The first-order valence-corrected chi connectivity index (χ1v) is 4.72. The van der Waals surface area contributed by atoms with Crippen molar-refractivity contribution in [1.82, 2.24) is 15.0 Å². The van der Waals surface area contributed by atoms with Gasteiger partial charge in [-0.2, -0.15) is 0 Å². The molecule has 0 atom stereocenters. The summed E-state index contributed by atoms with van der Waals surface area (Å²) in [6.45, 7) is 0.771. The van der Waals surface area contributed by atoms with E-state index in [0.29, 0.717) is 0 Å². The minimum atomic E-state index is 0.771. The van der Waals surface area contributed by atoms with E-state index in [0.717, 1.165) is 11.0 Å². The third-order valence-electron chi connectivity index (χ3n) is 1.73. The molecule has 0 saturated carbocycles. The van der Waals surface area contributed by atoms with Crippen LogP contribution in [0.4, 0.5) is 0 Å². The van der Waals surface area contributed by atoms with Crippen LogP contribution in [0.25, 0.3) is 0 Å². The summed E-state index contributed by atoms with van der Waals surface area (Å²) in [5.74, 6) is 0. The lowest BCUT2D eigenvalue weighted by Crippen LogP contribution is -1.99. The summed E-state index contributed by atoms with van der Waals surface area (Å²) in [7, 11) is 0. The predicted octanol–water partition coefficient (Wildman–Crippen LogP) is 2.09. The molecule has 3 nitrogen and oxygen atoms in total. The molecule has 0 saturated heterocycles. The highest BCUT2D eigenvalue weighted by molar-refractivity contribution is 9.10. The lowest BCUT2D eigenvalue weighted by molar-refractivity contribution is 0.649. The monoisotopic (exact) mass is 237 g/mol. The zero-order valence-electron chi connectivity index (χ0n) is 6.89. The number of hydrogen-bond donors (Lipinski definition) is 0. The van der Waals surface area contributed by atoms with E-state index >= 15 is 0 Å². The first kappa shape index (κ1) is 8.44. The van der Waals surface area contributed by atoms with Crippen molar-refractivity contribution in [3.05, 3.63) is 46.7 Å². The number of hydrogen-bond acceptors (Lipinski definition) is 2. The molecule has 0 N–H and O–H groups in total. The molecule has 0 fully saturated rings. The number of aromatic nitrogens is 3. The van der Waals surface area contributed by atoms with Crippen LogP contribution in [-0.2, 0) is 6.54 Å². The topological polar surface area (TPSA) is 30.7 Å². The van der Waals surface area contributed by atoms with E-state index in [1.54, 1.807) is 10.9 Å². The van der Waals surface area contributed by atoms with Gasteiger partial charge in [0.1, 0.15) is 0 Å². The molecular weight excluding hydrogens is 230 g/mol. The SMILES string of the molecule is Brc1ccc(Cn2ccnn2)cc1. The summed E-state index contributed by atoms with van der Waals surface area (Å²) in [6, 6.07) is 8.16. The molecule has 4 heteroatoms. The van der Waals surface area contributed by atoms with Crippen LogP contribution >= 0.6 is 15.9 Å². The molecule has 66 valence electrons. The second kappa shape index (κ2) is 3.70. The van der Waals surface area contributed by atoms with Crippen molar-refractivity contribution in [3.63, 3.8) is 0 Å². The molecule has 0 spiro atoms. The Bertz CT molecular complexity index is 366. The molecule has 0 aliphatic rings. The Morgan fingerprint density at radius 3 is 2.62 bits per heavy atom. The van der Waals surface area contributed by atoms with Gasteiger partial charge in [-0.3, -0.25) is 0 Å². The van der Waals surface area contributed by atoms with Crippen LogP contribution in [0.1, 0.15) is 5.56 Å². The van der Waals surface area contributed by atoms with Gasteiger partial charge in [0, 0.05) is 10.7 Å². The quantitative estimate of drug-likeness (QED) is 0.801. The van der Waals surface area contributed by atoms with Crippen LogP contribution in [-0.4, -0.2) is 15.0 Å². The van der Waals surface area contributed by atoms with Gasteiger partial charge in [-0.05, 0) is 17.7 Å². The second-order valence-electron chi connectivity index (χ2n) is 2.73. The highest BCUT2D eigenvalue weighted by Gasteiger charge is 1.94. The van der Waals surface area contributed by atoms with Crippen molar-refractivity contribution >= 4 is 15.9 Å².